The molecule has 0 amide bonds. The molecular formula is C3H9NO4S2. The molecule has 0 aromatic carbocycles. The molecule has 0 rings (SSSR count). The first-order valence-corrected chi connectivity index (χ1v) is 5.39. The molecule has 0 aromatic heterocycles. The summed E-state index contributed by atoms with van der Waals surface area (Å²) in [4.78, 5) is 0. The Morgan fingerprint density at radius 1 is 1.60 bits per heavy atom. The van der Waals surface area contributed by atoms with Crippen LogP contribution in [0.2, 0.25) is 0 Å². The van der Waals surface area contributed by atoms with E-state index in [-0.39, 0.29) is 11.5 Å². The summed E-state index contributed by atoms with van der Waals surface area (Å²) < 4.78 is 41.3. The van der Waals surface area contributed by atoms with E-state index in [1.54, 1.807) is 0 Å². The number of sulfonamides is 1. The maximum atomic E-state index is 10.5. The molecule has 0 radical (unpaired) electrons. The Labute approximate surface area is 62.2 Å². The fraction of sp³-hybridized carbons (Fsp3) is 1.00. The Kier molecular flexibility index (Phi) is 4.02. The molecule has 0 aliphatic carbocycles. The molecule has 0 heterocycles. The van der Waals surface area contributed by atoms with Crippen molar-refractivity contribution in [3.05, 3.63) is 0 Å². The molecule has 0 bridgehead atoms. The summed E-state index contributed by atoms with van der Waals surface area (Å²) in [7, 11) is -2.06. The van der Waals surface area contributed by atoms with Gasteiger partial charge in [0.25, 0.3) is 0 Å². The van der Waals surface area contributed by atoms with Crippen LogP contribution in [0.4, 0.5) is 0 Å². The van der Waals surface area contributed by atoms with Gasteiger partial charge in [-0.1, -0.05) is 0 Å². The van der Waals surface area contributed by atoms with Crippen LogP contribution in [0.15, 0.2) is 0 Å². The van der Waals surface area contributed by atoms with Crippen molar-refractivity contribution in [2.75, 3.05) is 18.6 Å². The average Bonchev–Trinajstić information content (AvgIpc) is 1.85. The molecule has 0 aliphatic rings. The molecule has 0 aromatic rings. The van der Waals surface area contributed by atoms with Gasteiger partial charge in [0.05, 0.1) is 11.5 Å². The lowest BCUT2D eigenvalue weighted by molar-refractivity contribution is 0.562. The van der Waals surface area contributed by atoms with Crippen molar-refractivity contribution in [1.29, 1.82) is 0 Å². The van der Waals surface area contributed by atoms with Gasteiger partial charge in [-0.3, -0.25) is 0 Å². The molecule has 62 valence electrons. The molecule has 10 heavy (non-hydrogen) atoms. The van der Waals surface area contributed by atoms with E-state index >= 15 is 0 Å². The molecular weight excluding hydrogens is 178 g/mol. The molecule has 0 spiro atoms. The van der Waals surface area contributed by atoms with Gasteiger partial charge in [-0.05, 0) is 7.05 Å². The van der Waals surface area contributed by atoms with Crippen molar-refractivity contribution < 1.29 is 17.2 Å². The van der Waals surface area contributed by atoms with E-state index in [4.69, 9.17) is 4.55 Å². The first kappa shape index (κ1) is 10.0. The molecule has 5 nitrogen and oxygen atoms in total. The quantitative estimate of drug-likeness (QED) is 0.539. The van der Waals surface area contributed by atoms with Crippen LogP contribution >= 0.6 is 0 Å². The number of nitrogens with one attached hydrogen (secondary N) is 1. The van der Waals surface area contributed by atoms with E-state index in [1.165, 1.54) is 7.05 Å². The Balaban J connectivity index is 3.81. The monoisotopic (exact) mass is 187 g/mol. The zero-order valence-corrected chi connectivity index (χ0v) is 7.04. The second-order valence-electron chi connectivity index (χ2n) is 1.55. The summed E-state index contributed by atoms with van der Waals surface area (Å²) >= 11 is -2.03. The van der Waals surface area contributed by atoms with Gasteiger partial charge in [-0.15, -0.1) is 0 Å². The van der Waals surface area contributed by atoms with Gasteiger partial charge in [0.2, 0.25) is 10.0 Å². The average molecular weight is 187 g/mol. The summed E-state index contributed by atoms with van der Waals surface area (Å²) in [6, 6.07) is 0. The van der Waals surface area contributed by atoms with Gasteiger partial charge in [-0.25, -0.2) is 17.3 Å². The van der Waals surface area contributed by atoms with E-state index < -0.39 is 21.1 Å². The van der Waals surface area contributed by atoms with Crippen LogP contribution in [-0.2, 0) is 21.1 Å². The standard InChI is InChI=1S/C3H9NO4S2/c1-4-10(7,8)3-2-9(5)6/h4H,2-3H2,1H3,(H,5,6). The molecule has 1 atom stereocenters. The first-order chi connectivity index (χ1) is 4.48. The van der Waals surface area contributed by atoms with Gasteiger partial charge >= 0.3 is 0 Å². The van der Waals surface area contributed by atoms with Crippen LogP contribution in [0, 0.1) is 0 Å². The van der Waals surface area contributed by atoms with Crippen LogP contribution in [0.3, 0.4) is 0 Å². The Morgan fingerprint density at radius 2 is 2.10 bits per heavy atom. The largest absolute Gasteiger partial charge is 0.306 e. The Hall–Kier alpha value is 0.0200. The maximum Gasteiger partial charge on any atom is 0.212 e. The van der Waals surface area contributed by atoms with E-state index in [2.05, 4.69) is 0 Å². The lowest BCUT2D eigenvalue weighted by Gasteiger charge is -1.97. The zero-order valence-electron chi connectivity index (χ0n) is 5.40. The fourth-order valence-electron chi connectivity index (χ4n) is 0.283. The van der Waals surface area contributed by atoms with Crippen LogP contribution in [0.1, 0.15) is 0 Å². The van der Waals surface area contributed by atoms with Crippen molar-refractivity contribution in [3.8, 4) is 0 Å². The highest BCUT2D eigenvalue weighted by molar-refractivity contribution is 7.90. The Bertz CT molecular complexity index is 209. The lowest BCUT2D eigenvalue weighted by Crippen LogP contribution is -2.24. The summed E-state index contributed by atoms with van der Waals surface area (Å²) in [6.07, 6.45) is 0. The topological polar surface area (TPSA) is 83.5 Å². The minimum Gasteiger partial charge on any atom is -0.306 e. The zero-order chi connectivity index (χ0) is 8.20. The van der Waals surface area contributed by atoms with Gasteiger partial charge in [0.1, 0.15) is 0 Å². The highest BCUT2D eigenvalue weighted by Gasteiger charge is 2.07. The van der Waals surface area contributed by atoms with Gasteiger partial charge in [0, 0.05) is 0 Å². The van der Waals surface area contributed by atoms with Crippen LogP contribution in [0.25, 0.3) is 0 Å². The van der Waals surface area contributed by atoms with Crippen molar-refractivity contribution in [2.45, 2.75) is 0 Å². The van der Waals surface area contributed by atoms with E-state index in [0.29, 0.717) is 0 Å². The molecule has 0 aliphatic heterocycles. The summed E-state index contributed by atoms with van der Waals surface area (Å²) in [5, 5.41) is 0. The predicted octanol–water partition coefficient (Wildman–Crippen LogP) is -1.24. The maximum absolute atomic E-state index is 10.5. The van der Waals surface area contributed by atoms with E-state index in [1.807, 2.05) is 4.72 Å². The van der Waals surface area contributed by atoms with Gasteiger partial charge in [-0.2, -0.15) is 0 Å². The van der Waals surface area contributed by atoms with Crippen molar-refractivity contribution >= 4 is 21.1 Å². The van der Waals surface area contributed by atoms with E-state index in [0.717, 1.165) is 0 Å². The predicted molar refractivity (Wildman–Crippen MR) is 38.5 cm³/mol. The van der Waals surface area contributed by atoms with Crippen molar-refractivity contribution in [2.24, 2.45) is 0 Å². The molecule has 7 heteroatoms. The molecule has 1 unspecified atom stereocenters. The van der Waals surface area contributed by atoms with Crippen LogP contribution < -0.4 is 4.72 Å². The summed E-state index contributed by atoms with van der Waals surface area (Å²) in [6.45, 7) is 0. The minimum atomic E-state index is -3.32. The summed E-state index contributed by atoms with van der Waals surface area (Å²) in [5.74, 6) is -0.560. The normalized spacial score (nSPS) is 15.0. The van der Waals surface area contributed by atoms with Crippen molar-refractivity contribution in [3.63, 3.8) is 0 Å². The highest BCUT2D eigenvalue weighted by Crippen LogP contribution is 1.83. The van der Waals surface area contributed by atoms with E-state index in [9.17, 15) is 12.6 Å². The number of hydrogen-bond donors (Lipinski definition) is 2. The molecule has 0 fully saturated rings. The minimum absolute atomic E-state index is 0.247. The third-order valence-corrected chi connectivity index (χ3v) is 3.01. The molecule has 0 saturated heterocycles. The van der Waals surface area contributed by atoms with Crippen molar-refractivity contribution in [1.82, 2.24) is 4.72 Å². The number of rotatable bonds is 4. The summed E-state index contributed by atoms with van der Waals surface area (Å²) in [5.41, 5.74) is 0. The lowest BCUT2D eigenvalue weighted by atomic mass is 11.0. The second-order valence-corrected chi connectivity index (χ2v) is 4.65. The SMILES string of the molecule is CNS(=O)(=O)CCS(=O)O. The highest BCUT2D eigenvalue weighted by atomic mass is 32.2. The van der Waals surface area contributed by atoms with Crippen LogP contribution in [0.5, 0.6) is 0 Å². The number of hydrogen-bond acceptors (Lipinski definition) is 3. The van der Waals surface area contributed by atoms with Crippen LogP contribution in [-0.4, -0.2) is 35.7 Å². The molecule has 2 N–H and O–H groups in total. The smallest absolute Gasteiger partial charge is 0.212 e. The van der Waals surface area contributed by atoms with Gasteiger partial charge < -0.3 is 4.55 Å². The Morgan fingerprint density at radius 3 is 2.40 bits per heavy atom. The molecule has 0 saturated carbocycles. The third kappa shape index (κ3) is 4.86. The third-order valence-electron chi connectivity index (χ3n) is 0.838. The van der Waals surface area contributed by atoms with Gasteiger partial charge in [0.15, 0.2) is 11.1 Å². The first-order valence-electron chi connectivity index (χ1n) is 2.46. The fourth-order valence-corrected chi connectivity index (χ4v) is 1.94. The second kappa shape index (κ2) is 4.02.